The predicted molar refractivity (Wildman–Crippen MR) is 99.0 cm³/mol. The number of aliphatic hydroxyl groups is 1. The SMILES string of the molecule is COCCN(C)C[C@@H]1C[C@@H](CO)CN(c2nc3cc(C)ccc3o2)C1. The largest absolute Gasteiger partial charge is 0.423 e. The van der Waals surface area contributed by atoms with E-state index in [1.807, 2.05) is 18.2 Å². The lowest BCUT2D eigenvalue weighted by molar-refractivity contribution is 0.133. The van der Waals surface area contributed by atoms with E-state index in [1.54, 1.807) is 7.11 Å². The number of hydrogen-bond donors (Lipinski definition) is 1. The van der Waals surface area contributed by atoms with Crippen LogP contribution in [0.1, 0.15) is 12.0 Å². The molecule has 3 rings (SSSR count). The second kappa shape index (κ2) is 8.17. The summed E-state index contributed by atoms with van der Waals surface area (Å²) in [5, 5.41) is 9.71. The molecule has 0 unspecified atom stereocenters. The zero-order chi connectivity index (χ0) is 17.8. The Kier molecular flexibility index (Phi) is 5.93. The number of aromatic nitrogens is 1. The Labute approximate surface area is 149 Å². The maximum atomic E-state index is 9.71. The number of likely N-dealkylation sites (N-methyl/N-ethyl adjacent to an activating group) is 1. The van der Waals surface area contributed by atoms with Gasteiger partial charge in [0.15, 0.2) is 5.58 Å². The summed E-state index contributed by atoms with van der Waals surface area (Å²) in [6, 6.07) is 6.73. The third kappa shape index (κ3) is 4.51. The fourth-order valence-corrected chi connectivity index (χ4v) is 3.68. The van der Waals surface area contributed by atoms with Gasteiger partial charge in [0.05, 0.1) is 6.61 Å². The van der Waals surface area contributed by atoms with Crippen LogP contribution in [0.3, 0.4) is 0 Å². The van der Waals surface area contributed by atoms with Gasteiger partial charge < -0.3 is 24.1 Å². The Bertz CT molecular complexity index is 688. The second-order valence-corrected chi connectivity index (χ2v) is 7.28. The number of methoxy groups -OCH3 is 1. The van der Waals surface area contributed by atoms with Gasteiger partial charge in [-0.25, -0.2) is 0 Å². The average molecular weight is 347 g/mol. The molecule has 0 aliphatic carbocycles. The second-order valence-electron chi connectivity index (χ2n) is 7.28. The topological polar surface area (TPSA) is 62.0 Å². The average Bonchev–Trinajstić information content (AvgIpc) is 3.02. The van der Waals surface area contributed by atoms with Gasteiger partial charge in [-0.15, -0.1) is 0 Å². The molecule has 25 heavy (non-hydrogen) atoms. The molecule has 6 heteroatoms. The molecule has 2 aromatic rings. The number of nitrogens with zero attached hydrogens (tertiary/aromatic N) is 3. The van der Waals surface area contributed by atoms with E-state index in [9.17, 15) is 5.11 Å². The highest BCUT2D eigenvalue weighted by Crippen LogP contribution is 2.29. The van der Waals surface area contributed by atoms with Crippen molar-refractivity contribution >= 4 is 17.1 Å². The lowest BCUT2D eigenvalue weighted by Gasteiger charge is -2.37. The fraction of sp³-hybridized carbons (Fsp3) is 0.632. The number of ether oxygens (including phenoxy) is 1. The molecule has 6 nitrogen and oxygen atoms in total. The molecule has 1 aromatic carbocycles. The standard InChI is InChI=1S/C19H29N3O3/c1-14-4-5-18-17(8-14)20-19(25-18)22-11-15(9-16(12-22)13-23)10-21(2)6-7-24-3/h4-5,8,15-16,23H,6-7,9-13H2,1-3H3/t15-,16+/m0/s1. The molecule has 1 aromatic heterocycles. The van der Waals surface area contributed by atoms with Crippen LogP contribution < -0.4 is 4.90 Å². The van der Waals surface area contributed by atoms with Crippen LogP contribution in [0.4, 0.5) is 6.01 Å². The van der Waals surface area contributed by atoms with Crippen LogP contribution in [0.2, 0.25) is 0 Å². The van der Waals surface area contributed by atoms with Gasteiger partial charge >= 0.3 is 0 Å². The normalized spacial score (nSPS) is 21.4. The van der Waals surface area contributed by atoms with Crippen molar-refractivity contribution < 1.29 is 14.3 Å². The summed E-state index contributed by atoms with van der Waals surface area (Å²) >= 11 is 0. The number of piperidine rings is 1. The van der Waals surface area contributed by atoms with Gasteiger partial charge in [0.25, 0.3) is 6.01 Å². The highest BCUT2D eigenvalue weighted by Gasteiger charge is 2.30. The minimum atomic E-state index is 0.203. The summed E-state index contributed by atoms with van der Waals surface area (Å²) < 4.78 is 11.1. The van der Waals surface area contributed by atoms with Gasteiger partial charge in [-0.2, -0.15) is 4.98 Å². The molecule has 2 atom stereocenters. The van der Waals surface area contributed by atoms with E-state index < -0.39 is 0 Å². The molecule has 1 aliphatic heterocycles. The summed E-state index contributed by atoms with van der Waals surface area (Å²) in [6.45, 7) is 6.59. The van der Waals surface area contributed by atoms with Crippen LogP contribution in [-0.2, 0) is 4.74 Å². The van der Waals surface area contributed by atoms with Crippen molar-refractivity contribution in [2.24, 2.45) is 11.8 Å². The first kappa shape index (κ1) is 18.2. The Hall–Kier alpha value is -1.63. The van der Waals surface area contributed by atoms with Gasteiger partial charge in [-0.3, -0.25) is 0 Å². The molecule has 1 aliphatic rings. The zero-order valence-electron chi connectivity index (χ0n) is 15.4. The van der Waals surface area contributed by atoms with Crippen molar-refractivity contribution in [3.63, 3.8) is 0 Å². The Morgan fingerprint density at radius 2 is 2.16 bits per heavy atom. The first-order valence-corrected chi connectivity index (χ1v) is 8.99. The number of anilines is 1. The summed E-state index contributed by atoms with van der Waals surface area (Å²) in [7, 11) is 3.85. The summed E-state index contributed by atoms with van der Waals surface area (Å²) in [5.74, 6) is 0.732. The van der Waals surface area contributed by atoms with E-state index in [4.69, 9.17) is 9.15 Å². The Morgan fingerprint density at radius 3 is 2.92 bits per heavy atom. The van der Waals surface area contributed by atoms with Crippen LogP contribution in [0.15, 0.2) is 22.6 Å². The van der Waals surface area contributed by atoms with Crippen LogP contribution >= 0.6 is 0 Å². The monoisotopic (exact) mass is 347 g/mol. The molecule has 0 amide bonds. The van der Waals surface area contributed by atoms with Crippen LogP contribution in [0.25, 0.3) is 11.1 Å². The maximum absolute atomic E-state index is 9.71. The first-order chi connectivity index (χ1) is 12.1. The van der Waals surface area contributed by atoms with E-state index >= 15 is 0 Å². The third-order valence-corrected chi connectivity index (χ3v) is 4.93. The van der Waals surface area contributed by atoms with Gasteiger partial charge in [0, 0.05) is 45.8 Å². The van der Waals surface area contributed by atoms with Crippen molar-refractivity contribution in [1.29, 1.82) is 0 Å². The predicted octanol–water partition coefficient (Wildman–Crippen LogP) is 2.15. The van der Waals surface area contributed by atoms with Crippen molar-refractivity contribution in [1.82, 2.24) is 9.88 Å². The maximum Gasteiger partial charge on any atom is 0.298 e. The molecule has 1 fully saturated rings. The number of hydrogen-bond acceptors (Lipinski definition) is 6. The van der Waals surface area contributed by atoms with Gasteiger partial charge in [0.2, 0.25) is 0 Å². The van der Waals surface area contributed by atoms with Crippen molar-refractivity contribution in [2.45, 2.75) is 13.3 Å². The Morgan fingerprint density at radius 1 is 1.36 bits per heavy atom. The molecule has 1 saturated heterocycles. The summed E-state index contributed by atoms with van der Waals surface area (Å²) in [4.78, 5) is 9.16. The lowest BCUT2D eigenvalue weighted by atomic mass is 9.89. The smallest absolute Gasteiger partial charge is 0.298 e. The molecule has 0 spiro atoms. The quantitative estimate of drug-likeness (QED) is 0.828. The van der Waals surface area contributed by atoms with Crippen molar-refractivity contribution in [2.75, 3.05) is 58.5 Å². The van der Waals surface area contributed by atoms with E-state index in [1.165, 1.54) is 5.56 Å². The third-order valence-electron chi connectivity index (χ3n) is 4.93. The molecule has 1 N–H and O–H groups in total. The molecule has 0 bridgehead atoms. The highest BCUT2D eigenvalue weighted by molar-refractivity contribution is 5.75. The van der Waals surface area contributed by atoms with Crippen LogP contribution in [0, 0.1) is 18.8 Å². The van der Waals surface area contributed by atoms with Crippen LogP contribution in [-0.4, -0.2) is 68.5 Å². The number of benzene rings is 1. The number of rotatable bonds is 7. The van der Waals surface area contributed by atoms with Gasteiger partial charge in [-0.1, -0.05) is 6.07 Å². The fourth-order valence-electron chi connectivity index (χ4n) is 3.68. The molecule has 0 radical (unpaired) electrons. The van der Waals surface area contributed by atoms with Crippen LogP contribution in [0.5, 0.6) is 0 Å². The molecular formula is C19H29N3O3. The van der Waals surface area contributed by atoms with E-state index in [2.05, 4.69) is 28.8 Å². The Balaban J connectivity index is 1.72. The molecule has 0 saturated carbocycles. The minimum Gasteiger partial charge on any atom is -0.423 e. The van der Waals surface area contributed by atoms with E-state index in [0.717, 1.165) is 50.3 Å². The number of fused-ring (bicyclic) bond motifs is 1. The van der Waals surface area contributed by atoms with Crippen molar-refractivity contribution in [3.05, 3.63) is 23.8 Å². The van der Waals surface area contributed by atoms with E-state index in [-0.39, 0.29) is 12.5 Å². The number of aliphatic hydroxyl groups excluding tert-OH is 1. The van der Waals surface area contributed by atoms with Gasteiger partial charge in [0.1, 0.15) is 5.52 Å². The summed E-state index contributed by atoms with van der Waals surface area (Å²) in [5.41, 5.74) is 2.90. The minimum absolute atomic E-state index is 0.203. The summed E-state index contributed by atoms with van der Waals surface area (Å²) in [6.07, 6.45) is 1.03. The molecular weight excluding hydrogens is 318 g/mol. The molecule has 2 heterocycles. The van der Waals surface area contributed by atoms with E-state index in [0.29, 0.717) is 11.9 Å². The first-order valence-electron chi connectivity index (χ1n) is 8.99. The zero-order valence-corrected chi connectivity index (χ0v) is 15.4. The molecule has 138 valence electrons. The number of aryl methyl sites for hydroxylation is 1. The van der Waals surface area contributed by atoms with Gasteiger partial charge in [-0.05, 0) is 44.0 Å². The lowest BCUT2D eigenvalue weighted by Crippen LogP contribution is -2.45. The highest BCUT2D eigenvalue weighted by atomic mass is 16.5. The number of oxazole rings is 1. The van der Waals surface area contributed by atoms with Crippen molar-refractivity contribution in [3.8, 4) is 0 Å².